The number of halogens is 3. The molecule has 2 aliphatic rings. The van der Waals surface area contributed by atoms with E-state index in [2.05, 4.69) is 0 Å². The van der Waals surface area contributed by atoms with Crippen LogP contribution in [0.3, 0.4) is 0 Å². The largest absolute Gasteiger partial charge is 0.417 e. The molecule has 1 atom stereocenters. The number of anilines is 1. The molecule has 174 valence electrons. The Morgan fingerprint density at radius 1 is 1.24 bits per heavy atom. The minimum atomic E-state index is -4.61. The highest BCUT2D eigenvalue weighted by atomic mass is 32.1. The lowest BCUT2D eigenvalue weighted by Gasteiger charge is -2.40. The van der Waals surface area contributed by atoms with Crippen molar-refractivity contribution < 1.29 is 22.8 Å². The molecule has 2 aliphatic heterocycles. The highest BCUT2D eigenvalue weighted by Gasteiger charge is 2.49. The second-order valence-electron chi connectivity index (χ2n) is 8.81. The monoisotopic (exact) mass is 476 g/mol. The Balaban J connectivity index is 1.52. The van der Waals surface area contributed by atoms with Gasteiger partial charge in [-0.25, -0.2) is 0 Å². The fourth-order valence-corrected chi connectivity index (χ4v) is 5.79. The average molecular weight is 477 g/mol. The first-order chi connectivity index (χ1) is 15.5. The van der Waals surface area contributed by atoms with Crippen LogP contribution in [0.5, 0.6) is 0 Å². The van der Waals surface area contributed by atoms with Crippen molar-refractivity contribution in [3.05, 3.63) is 51.2 Å². The van der Waals surface area contributed by atoms with Gasteiger partial charge in [-0.15, -0.1) is 11.3 Å². The molecule has 2 amide bonds. The summed E-state index contributed by atoms with van der Waals surface area (Å²) in [6.45, 7) is 3.20. The summed E-state index contributed by atoms with van der Waals surface area (Å²) in [5.41, 5.74) is 5.24. The minimum absolute atomic E-state index is 0.201. The molecule has 1 aromatic carbocycles. The number of primary amides is 1. The summed E-state index contributed by atoms with van der Waals surface area (Å²) < 4.78 is 40.1. The Hall–Kier alpha value is -3.06. The van der Waals surface area contributed by atoms with Gasteiger partial charge in [0.2, 0.25) is 5.91 Å². The molecule has 4 rings (SSSR count). The number of hydrogen-bond donors (Lipinski definition) is 1. The molecule has 10 heteroatoms. The number of hydrogen-bond acceptors (Lipinski definition) is 5. The number of benzene rings is 1. The van der Waals surface area contributed by atoms with Crippen LogP contribution in [0.4, 0.5) is 18.9 Å². The SMILES string of the molecule is Cc1ccsc1C(=O)N1CC2(CCN(c3ccc(C#N)c(C(F)(F)F)c3)CC2)CC1C(N)=O. The van der Waals surface area contributed by atoms with E-state index in [9.17, 15) is 22.8 Å². The lowest BCUT2D eigenvalue weighted by molar-refractivity contribution is -0.137. The molecule has 33 heavy (non-hydrogen) atoms. The third-order valence-electron chi connectivity index (χ3n) is 6.77. The second kappa shape index (κ2) is 8.37. The van der Waals surface area contributed by atoms with Gasteiger partial charge in [-0.2, -0.15) is 18.4 Å². The van der Waals surface area contributed by atoms with Crippen LogP contribution < -0.4 is 10.6 Å². The number of aryl methyl sites for hydroxylation is 1. The smallest absolute Gasteiger partial charge is 0.371 e. The third-order valence-corrected chi connectivity index (χ3v) is 7.78. The molecule has 3 heterocycles. The van der Waals surface area contributed by atoms with E-state index in [1.807, 2.05) is 23.3 Å². The molecular formula is C23H23F3N4O2S. The van der Waals surface area contributed by atoms with Crippen molar-refractivity contribution in [1.82, 2.24) is 4.90 Å². The van der Waals surface area contributed by atoms with Crippen molar-refractivity contribution in [2.24, 2.45) is 11.1 Å². The zero-order chi connectivity index (χ0) is 24.0. The number of nitrogens with zero attached hydrogens (tertiary/aromatic N) is 3. The molecule has 0 bridgehead atoms. The highest BCUT2D eigenvalue weighted by Crippen LogP contribution is 2.45. The van der Waals surface area contributed by atoms with Gasteiger partial charge in [-0.3, -0.25) is 9.59 Å². The van der Waals surface area contributed by atoms with E-state index in [1.54, 1.807) is 11.0 Å². The summed E-state index contributed by atoms with van der Waals surface area (Å²) in [6.07, 6.45) is -2.93. The van der Waals surface area contributed by atoms with Crippen molar-refractivity contribution in [2.75, 3.05) is 24.5 Å². The molecule has 2 N–H and O–H groups in total. The zero-order valence-corrected chi connectivity index (χ0v) is 18.8. The van der Waals surface area contributed by atoms with Gasteiger partial charge in [0.05, 0.1) is 22.1 Å². The summed E-state index contributed by atoms with van der Waals surface area (Å²) in [5, 5.41) is 10.8. The first kappa shape index (κ1) is 23.1. The minimum Gasteiger partial charge on any atom is -0.371 e. The number of carbonyl (C=O) groups is 2. The van der Waals surface area contributed by atoms with Crippen LogP contribution in [0.1, 0.15) is 45.6 Å². The van der Waals surface area contributed by atoms with Crippen LogP contribution >= 0.6 is 11.3 Å². The number of amides is 2. The van der Waals surface area contributed by atoms with Gasteiger partial charge in [0.1, 0.15) is 6.04 Å². The number of alkyl halides is 3. The zero-order valence-electron chi connectivity index (χ0n) is 18.0. The average Bonchev–Trinajstić information content (AvgIpc) is 3.37. The van der Waals surface area contributed by atoms with Gasteiger partial charge in [0.25, 0.3) is 5.91 Å². The Kier molecular flexibility index (Phi) is 5.86. The van der Waals surface area contributed by atoms with Crippen LogP contribution in [-0.2, 0) is 11.0 Å². The number of nitrogens with two attached hydrogens (primary N) is 1. The number of rotatable bonds is 3. The first-order valence-corrected chi connectivity index (χ1v) is 11.4. The third kappa shape index (κ3) is 4.29. The van der Waals surface area contributed by atoms with Crippen LogP contribution in [0, 0.1) is 23.7 Å². The van der Waals surface area contributed by atoms with Crippen LogP contribution in [0.15, 0.2) is 29.6 Å². The van der Waals surface area contributed by atoms with E-state index < -0.39 is 29.3 Å². The van der Waals surface area contributed by atoms with E-state index in [-0.39, 0.29) is 11.3 Å². The maximum atomic E-state index is 13.4. The molecule has 0 aliphatic carbocycles. The number of carbonyl (C=O) groups excluding carboxylic acids is 2. The summed E-state index contributed by atoms with van der Waals surface area (Å²) in [7, 11) is 0. The molecule has 0 radical (unpaired) electrons. The molecule has 1 aromatic heterocycles. The van der Waals surface area contributed by atoms with Crippen molar-refractivity contribution in [2.45, 2.75) is 38.4 Å². The number of likely N-dealkylation sites (tertiary alicyclic amines) is 1. The standard InChI is InChI=1S/C23H23F3N4O2S/c1-14-4-9-33-19(14)21(32)30-13-22(11-18(30)20(28)31)5-7-29(8-6-22)16-3-2-15(12-27)17(10-16)23(24,25)26/h2-4,9-10,18H,5-8,11,13H2,1H3,(H2,28,31). The lowest BCUT2D eigenvalue weighted by atomic mass is 9.76. The van der Waals surface area contributed by atoms with Crippen LogP contribution in [0.25, 0.3) is 0 Å². The fourth-order valence-electron chi connectivity index (χ4n) is 4.91. The van der Waals surface area contributed by atoms with Gasteiger partial charge < -0.3 is 15.5 Å². The Morgan fingerprint density at radius 3 is 2.48 bits per heavy atom. The number of piperidine rings is 1. The van der Waals surface area contributed by atoms with Crippen molar-refractivity contribution in [3.63, 3.8) is 0 Å². The topological polar surface area (TPSA) is 90.4 Å². The van der Waals surface area contributed by atoms with Crippen LogP contribution in [-0.4, -0.2) is 42.4 Å². The first-order valence-electron chi connectivity index (χ1n) is 10.6. The molecule has 1 spiro atoms. The second-order valence-corrected chi connectivity index (χ2v) is 9.73. The Bertz CT molecular complexity index is 1130. The molecule has 6 nitrogen and oxygen atoms in total. The maximum absolute atomic E-state index is 13.4. The van der Waals surface area contributed by atoms with Gasteiger partial charge in [0.15, 0.2) is 0 Å². The van der Waals surface area contributed by atoms with E-state index in [1.165, 1.54) is 23.5 Å². The molecule has 2 saturated heterocycles. The normalized spacial score (nSPS) is 20.2. The van der Waals surface area contributed by atoms with Crippen molar-refractivity contribution in [3.8, 4) is 6.07 Å². The summed E-state index contributed by atoms with van der Waals surface area (Å²) in [6, 6.07) is 6.51. The molecule has 2 fully saturated rings. The van der Waals surface area contributed by atoms with Crippen molar-refractivity contribution >= 4 is 28.8 Å². The van der Waals surface area contributed by atoms with E-state index >= 15 is 0 Å². The summed E-state index contributed by atoms with van der Waals surface area (Å²) in [4.78, 5) is 29.3. The molecule has 0 saturated carbocycles. The lowest BCUT2D eigenvalue weighted by Crippen LogP contribution is -2.44. The van der Waals surface area contributed by atoms with E-state index in [0.717, 1.165) is 11.6 Å². The number of thiophene rings is 1. The summed E-state index contributed by atoms with van der Waals surface area (Å²) >= 11 is 1.33. The predicted octanol–water partition coefficient (Wildman–Crippen LogP) is 3.93. The van der Waals surface area contributed by atoms with E-state index in [0.29, 0.717) is 49.5 Å². The van der Waals surface area contributed by atoms with Gasteiger partial charge in [0, 0.05) is 25.3 Å². The molecule has 2 aromatic rings. The Morgan fingerprint density at radius 2 is 1.94 bits per heavy atom. The van der Waals surface area contributed by atoms with Gasteiger partial charge in [-0.05, 0) is 66.8 Å². The Labute approximate surface area is 193 Å². The highest BCUT2D eigenvalue weighted by molar-refractivity contribution is 7.12. The fraction of sp³-hybridized carbons (Fsp3) is 0.435. The van der Waals surface area contributed by atoms with Crippen molar-refractivity contribution in [1.29, 1.82) is 5.26 Å². The molecular weight excluding hydrogens is 453 g/mol. The van der Waals surface area contributed by atoms with E-state index in [4.69, 9.17) is 11.0 Å². The molecule has 1 unspecified atom stereocenters. The van der Waals surface area contributed by atoms with Gasteiger partial charge >= 0.3 is 6.18 Å². The predicted molar refractivity (Wildman–Crippen MR) is 118 cm³/mol. The van der Waals surface area contributed by atoms with Gasteiger partial charge in [-0.1, -0.05) is 0 Å². The quantitative estimate of drug-likeness (QED) is 0.727. The number of nitriles is 1. The van der Waals surface area contributed by atoms with Crippen LogP contribution in [0.2, 0.25) is 0 Å². The summed E-state index contributed by atoms with van der Waals surface area (Å²) in [5.74, 6) is -0.744. The maximum Gasteiger partial charge on any atom is 0.417 e.